The molecule has 1 aliphatic rings. The number of rotatable bonds is 10. The van der Waals surface area contributed by atoms with Crippen LogP contribution < -0.4 is 10.6 Å². The van der Waals surface area contributed by atoms with E-state index < -0.39 is 38.6 Å². The lowest BCUT2D eigenvalue weighted by atomic mass is 10.1. The molecule has 2 amide bonds. The van der Waals surface area contributed by atoms with Gasteiger partial charge in [-0.25, -0.2) is 18.4 Å². The zero-order valence-corrected chi connectivity index (χ0v) is 20.7. The van der Waals surface area contributed by atoms with Gasteiger partial charge < -0.3 is 15.7 Å². The summed E-state index contributed by atoms with van der Waals surface area (Å²) in [5.74, 6) is -2.35. The summed E-state index contributed by atoms with van der Waals surface area (Å²) in [5, 5.41) is 12.9. The Balaban J connectivity index is 1.66. The maximum atomic E-state index is 13.2. The number of amides is 2. The molecule has 9 nitrogen and oxygen atoms in total. The van der Waals surface area contributed by atoms with Crippen LogP contribution in [0.4, 0.5) is 4.39 Å². The van der Waals surface area contributed by atoms with Crippen LogP contribution >= 0.6 is 22.9 Å². The monoisotopic (exact) mass is 540 g/mol. The molecule has 0 radical (unpaired) electrons. The minimum Gasteiger partial charge on any atom is -0.396 e. The molecule has 0 aliphatic heterocycles. The molecule has 0 bridgehead atoms. The molecular weight excluding hydrogens is 519 g/mol. The van der Waals surface area contributed by atoms with Crippen LogP contribution in [0.1, 0.15) is 29.5 Å². The number of halogens is 2. The summed E-state index contributed by atoms with van der Waals surface area (Å²) in [6.07, 6.45) is 3.03. The van der Waals surface area contributed by atoms with Gasteiger partial charge in [-0.1, -0.05) is 11.6 Å². The van der Waals surface area contributed by atoms with E-state index in [0.29, 0.717) is 26.4 Å². The summed E-state index contributed by atoms with van der Waals surface area (Å²) in [4.78, 5) is 33.0. The number of aliphatic hydroxyl groups excluding tert-OH is 1. The van der Waals surface area contributed by atoms with Crippen molar-refractivity contribution in [3.8, 4) is 11.1 Å². The molecule has 4 rings (SSSR count). The number of sulfone groups is 1. The first-order chi connectivity index (χ1) is 16.7. The third-order valence-corrected chi connectivity index (χ3v) is 8.86. The zero-order chi connectivity index (χ0) is 25.2. The van der Waals surface area contributed by atoms with Gasteiger partial charge in [-0.05, 0) is 43.5 Å². The van der Waals surface area contributed by atoms with Crippen molar-refractivity contribution in [1.29, 1.82) is 0 Å². The third-order valence-electron chi connectivity index (χ3n) is 5.31. The van der Waals surface area contributed by atoms with Gasteiger partial charge in [0.05, 0.1) is 27.5 Å². The normalized spacial score (nSPS) is 14.6. The lowest BCUT2D eigenvalue weighted by Gasteiger charge is -2.15. The number of aromatic nitrogens is 2. The molecular formula is C22H22ClFN4O5S2. The van der Waals surface area contributed by atoms with Crippen LogP contribution in [0.3, 0.4) is 0 Å². The lowest BCUT2D eigenvalue weighted by Crippen LogP contribution is -2.41. The van der Waals surface area contributed by atoms with E-state index in [-0.39, 0.29) is 30.6 Å². The van der Waals surface area contributed by atoms with Crippen molar-refractivity contribution in [1.82, 2.24) is 20.6 Å². The number of nitrogens with zero attached hydrogens (tertiary/aromatic N) is 2. The average molecular weight is 541 g/mol. The molecule has 3 aromatic rings. The van der Waals surface area contributed by atoms with Crippen molar-refractivity contribution < 1.29 is 27.5 Å². The van der Waals surface area contributed by atoms with Crippen molar-refractivity contribution >= 4 is 54.8 Å². The average Bonchev–Trinajstić information content (AvgIpc) is 3.53. The van der Waals surface area contributed by atoms with E-state index in [4.69, 9.17) is 16.7 Å². The smallest absolute Gasteiger partial charge is 0.245 e. The molecule has 1 fully saturated rings. The zero-order valence-electron chi connectivity index (χ0n) is 18.3. The van der Waals surface area contributed by atoms with Crippen LogP contribution in [-0.4, -0.2) is 60.3 Å². The van der Waals surface area contributed by atoms with E-state index in [0.717, 1.165) is 24.2 Å². The topological polar surface area (TPSA) is 138 Å². The predicted octanol–water partition coefficient (Wildman–Crippen LogP) is 2.38. The number of carbonyl (C=O) groups excluding carboxylic acids is 2. The number of thiazole rings is 1. The maximum Gasteiger partial charge on any atom is 0.245 e. The molecule has 2 aromatic heterocycles. The number of hydrogen-bond acceptors (Lipinski definition) is 8. The highest BCUT2D eigenvalue weighted by atomic mass is 35.5. The molecule has 2 heterocycles. The fraction of sp³-hybridized carbons (Fsp3) is 0.364. The molecule has 1 saturated carbocycles. The van der Waals surface area contributed by atoms with E-state index in [1.54, 1.807) is 6.07 Å². The fourth-order valence-corrected chi connectivity index (χ4v) is 6.77. The molecule has 0 spiro atoms. The summed E-state index contributed by atoms with van der Waals surface area (Å²) in [6, 6.07) is 6.02. The molecule has 1 aromatic carbocycles. The quantitative estimate of drug-likeness (QED) is 0.336. The van der Waals surface area contributed by atoms with E-state index in [1.165, 1.54) is 24.4 Å². The predicted molar refractivity (Wildman–Crippen MR) is 130 cm³/mol. The van der Waals surface area contributed by atoms with E-state index in [2.05, 4.69) is 20.6 Å². The van der Waals surface area contributed by atoms with Crippen LogP contribution in [0.5, 0.6) is 0 Å². The first-order valence-corrected chi connectivity index (χ1v) is 13.7. The molecule has 35 heavy (non-hydrogen) atoms. The van der Waals surface area contributed by atoms with Crippen LogP contribution in [0.2, 0.25) is 5.02 Å². The summed E-state index contributed by atoms with van der Waals surface area (Å²) in [7, 11) is -4.06. The number of benzene rings is 1. The highest BCUT2D eigenvalue weighted by Crippen LogP contribution is 2.37. The molecule has 1 atom stereocenters. The minimum absolute atomic E-state index is 0.0171. The molecule has 3 N–H and O–H groups in total. The number of carbonyl (C=O) groups is 2. The van der Waals surface area contributed by atoms with Gasteiger partial charge >= 0.3 is 0 Å². The number of hydrogen-bond donors (Lipinski definition) is 3. The Labute approximate surface area is 209 Å². The first-order valence-electron chi connectivity index (χ1n) is 10.8. The van der Waals surface area contributed by atoms with Gasteiger partial charge in [0.1, 0.15) is 5.01 Å². The van der Waals surface area contributed by atoms with Crippen LogP contribution in [0.25, 0.3) is 21.3 Å². The van der Waals surface area contributed by atoms with Gasteiger partial charge in [-0.15, -0.1) is 11.3 Å². The Morgan fingerprint density at radius 1 is 1.29 bits per heavy atom. The standard InChI is InChI=1S/C22H22ClFN4O5S2/c23-15-9-16-17(8-14(15)12-2-5-18(24)25-10-12)34-22(28-16)20(35(32,33)7-1-6-29)21(31)26-11-19(30)27-13-3-4-13/h2,5,8-10,13,20,29H,1,3-4,6-7,11H2,(H,26,31)(H,27,30). The Hall–Kier alpha value is -2.67. The number of pyridine rings is 1. The number of nitrogens with one attached hydrogen (secondary N) is 2. The van der Waals surface area contributed by atoms with Crippen molar-refractivity contribution in [3.63, 3.8) is 0 Å². The summed E-state index contributed by atoms with van der Waals surface area (Å²) < 4.78 is 39.9. The van der Waals surface area contributed by atoms with Crippen LogP contribution in [0.15, 0.2) is 30.5 Å². The van der Waals surface area contributed by atoms with Crippen molar-refractivity contribution in [2.24, 2.45) is 0 Å². The van der Waals surface area contributed by atoms with E-state index in [1.807, 2.05) is 0 Å². The second-order valence-corrected chi connectivity index (χ2v) is 11.8. The number of aliphatic hydroxyl groups is 1. The Morgan fingerprint density at radius 2 is 2.06 bits per heavy atom. The summed E-state index contributed by atoms with van der Waals surface area (Å²) >= 11 is 7.39. The largest absolute Gasteiger partial charge is 0.396 e. The van der Waals surface area contributed by atoms with Gasteiger partial charge in [0.2, 0.25) is 17.8 Å². The summed E-state index contributed by atoms with van der Waals surface area (Å²) in [6.45, 7) is -0.721. The SMILES string of the molecule is O=C(CNC(=O)C(c1nc2cc(Cl)c(-c3ccc(F)nc3)cc2s1)S(=O)(=O)CCCO)NC1CC1. The van der Waals surface area contributed by atoms with Crippen molar-refractivity contribution in [2.75, 3.05) is 18.9 Å². The Bertz CT molecular complexity index is 1360. The fourth-order valence-electron chi connectivity index (χ4n) is 3.41. The first kappa shape index (κ1) is 25.4. The van der Waals surface area contributed by atoms with Gasteiger partial charge in [-0.2, -0.15) is 4.39 Å². The van der Waals surface area contributed by atoms with Gasteiger partial charge in [-0.3, -0.25) is 9.59 Å². The molecule has 1 aliphatic carbocycles. The highest BCUT2D eigenvalue weighted by Gasteiger charge is 2.37. The van der Waals surface area contributed by atoms with Crippen molar-refractivity contribution in [2.45, 2.75) is 30.6 Å². The van der Waals surface area contributed by atoms with Crippen LogP contribution in [-0.2, 0) is 19.4 Å². The number of fused-ring (bicyclic) bond motifs is 1. The minimum atomic E-state index is -4.06. The summed E-state index contributed by atoms with van der Waals surface area (Å²) in [5.41, 5.74) is 1.48. The lowest BCUT2D eigenvalue weighted by molar-refractivity contribution is -0.126. The Kier molecular flexibility index (Phi) is 7.64. The van der Waals surface area contributed by atoms with Gasteiger partial charge in [0.15, 0.2) is 15.1 Å². The third kappa shape index (κ3) is 6.13. The van der Waals surface area contributed by atoms with E-state index >= 15 is 0 Å². The Morgan fingerprint density at radius 3 is 2.71 bits per heavy atom. The van der Waals surface area contributed by atoms with Gasteiger partial charge in [0, 0.05) is 30.0 Å². The molecule has 1 unspecified atom stereocenters. The maximum absolute atomic E-state index is 13.2. The second kappa shape index (κ2) is 10.5. The molecule has 13 heteroatoms. The van der Waals surface area contributed by atoms with Gasteiger partial charge in [0.25, 0.3) is 0 Å². The van der Waals surface area contributed by atoms with Crippen LogP contribution in [0, 0.1) is 5.95 Å². The highest BCUT2D eigenvalue weighted by molar-refractivity contribution is 7.92. The molecule has 0 saturated heterocycles. The second-order valence-electron chi connectivity index (χ2n) is 8.11. The molecule has 186 valence electrons. The van der Waals surface area contributed by atoms with Crippen molar-refractivity contribution in [3.05, 3.63) is 46.4 Å². The van der Waals surface area contributed by atoms with E-state index in [9.17, 15) is 22.4 Å².